The first-order chi connectivity index (χ1) is 14.4. The number of para-hydroxylation sites is 1. The number of nitrogens with zero attached hydrogens (tertiary/aromatic N) is 2. The first kappa shape index (κ1) is 21.0. The van der Waals surface area contributed by atoms with Crippen LogP contribution < -0.4 is 10.9 Å². The maximum absolute atomic E-state index is 12.8. The van der Waals surface area contributed by atoms with Crippen LogP contribution in [-0.2, 0) is 14.3 Å². The van der Waals surface area contributed by atoms with Crippen LogP contribution in [0.15, 0.2) is 53.3 Å². The summed E-state index contributed by atoms with van der Waals surface area (Å²) in [5.74, 6) is -4.22. The molecule has 9 nitrogen and oxygen atoms in total. The minimum absolute atomic E-state index is 0.0763. The van der Waals surface area contributed by atoms with Crippen LogP contribution in [0.25, 0.3) is 5.69 Å². The second-order valence-electron chi connectivity index (χ2n) is 6.70. The Hall–Kier alpha value is -3.75. The van der Waals surface area contributed by atoms with Gasteiger partial charge >= 0.3 is 11.9 Å². The van der Waals surface area contributed by atoms with E-state index in [0.29, 0.717) is 5.69 Å². The number of nitrogens with one attached hydrogen (secondary N) is 1. The molecule has 2 aromatic rings. The van der Waals surface area contributed by atoms with Gasteiger partial charge in [0, 0.05) is 6.07 Å². The Kier molecular flexibility index (Phi) is 6.41. The van der Waals surface area contributed by atoms with Crippen LogP contribution in [0, 0.1) is 11.8 Å². The Morgan fingerprint density at radius 2 is 1.83 bits per heavy atom. The fourth-order valence-corrected chi connectivity index (χ4v) is 3.26. The third-order valence-electron chi connectivity index (χ3n) is 4.75. The van der Waals surface area contributed by atoms with Gasteiger partial charge < -0.3 is 15.2 Å². The van der Waals surface area contributed by atoms with Gasteiger partial charge in [-0.05, 0) is 31.9 Å². The Morgan fingerprint density at radius 1 is 1.17 bits per heavy atom. The summed E-state index contributed by atoms with van der Waals surface area (Å²) in [7, 11) is 0. The normalized spacial score (nSPS) is 17.9. The molecule has 156 valence electrons. The van der Waals surface area contributed by atoms with Gasteiger partial charge in [0.15, 0.2) is 5.69 Å². The van der Waals surface area contributed by atoms with E-state index in [4.69, 9.17) is 4.74 Å². The van der Waals surface area contributed by atoms with Crippen LogP contribution in [0.3, 0.4) is 0 Å². The van der Waals surface area contributed by atoms with E-state index in [9.17, 15) is 24.3 Å². The first-order valence-corrected chi connectivity index (χ1v) is 9.48. The van der Waals surface area contributed by atoms with Crippen LogP contribution in [-0.4, -0.2) is 39.3 Å². The van der Waals surface area contributed by atoms with Crippen LogP contribution in [0.4, 0.5) is 5.69 Å². The SMILES string of the molecule is CCOC(=O)c1nn(-c2ccccc2)c(=O)cc1NC(=O)C1CC=CCC1C(=O)O. The predicted octanol–water partition coefficient (Wildman–Crippen LogP) is 2.01. The number of hydrogen-bond acceptors (Lipinski definition) is 6. The molecule has 2 unspecified atom stereocenters. The number of carboxylic acids is 1. The van der Waals surface area contributed by atoms with Crippen molar-refractivity contribution in [3.8, 4) is 5.69 Å². The van der Waals surface area contributed by atoms with E-state index in [1.807, 2.05) is 0 Å². The highest BCUT2D eigenvalue weighted by molar-refractivity contribution is 6.01. The third-order valence-corrected chi connectivity index (χ3v) is 4.75. The topological polar surface area (TPSA) is 128 Å². The molecule has 1 aromatic carbocycles. The van der Waals surface area contributed by atoms with E-state index < -0.39 is 35.2 Å². The lowest BCUT2D eigenvalue weighted by atomic mass is 9.82. The molecular weight excluding hydrogens is 390 g/mol. The number of aromatic nitrogens is 2. The summed E-state index contributed by atoms with van der Waals surface area (Å²) in [6.45, 7) is 1.70. The van der Waals surface area contributed by atoms with Gasteiger partial charge in [0.25, 0.3) is 5.56 Å². The number of amides is 1. The van der Waals surface area contributed by atoms with Crippen LogP contribution in [0.2, 0.25) is 0 Å². The first-order valence-electron chi connectivity index (χ1n) is 9.48. The van der Waals surface area contributed by atoms with E-state index in [0.717, 1.165) is 10.7 Å². The molecule has 0 saturated heterocycles. The van der Waals surface area contributed by atoms with Crippen molar-refractivity contribution in [3.05, 3.63) is 64.6 Å². The van der Waals surface area contributed by atoms with Crippen LogP contribution in [0.1, 0.15) is 30.3 Å². The molecule has 0 bridgehead atoms. The summed E-state index contributed by atoms with van der Waals surface area (Å²) in [6, 6.07) is 9.57. The summed E-state index contributed by atoms with van der Waals surface area (Å²) in [6.07, 6.45) is 3.93. The van der Waals surface area contributed by atoms with Gasteiger partial charge in [-0.2, -0.15) is 9.78 Å². The minimum Gasteiger partial charge on any atom is -0.481 e. The van der Waals surface area contributed by atoms with Crippen molar-refractivity contribution in [1.29, 1.82) is 0 Å². The van der Waals surface area contributed by atoms with Gasteiger partial charge in [-0.25, -0.2) is 4.79 Å². The molecular formula is C21H21N3O6. The van der Waals surface area contributed by atoms with Crippen molar-refractivity contribution in [2.45, 2.75) is 19.8 Å². The van der Waals surface area contributed by atoms with Gasteiger partial charge in [-0.1, -0.05) is 30.4 Å². The Balaban J connectivity index is 1.99. The van der Waals surface area contributed by atoms with Crippen LogP contribution in [0.5, 0.6) is 0 Å². The quantitative estimate of drug-likeness (QED) is 0.550. The second kappa shape index (κ2) is 9.17. The number of carboxylic acid groups (broad SMARTS) is 1. The summed E-state index contributed by atoms with van der Waals surface area (Å²) in [4.78, 5) is 49.3. The highest BCUT2D eigenvalue weighted by Crippen LogP contribution is 2.27. The van der Waals surface area contributed by atoms with E-state index in [-0.39, 0.29) is 30.8 Å². The number of ether oxygens (including phenoxy) is 1. The zero-order chi connectivity index (χ0) is 21.7. The van der Waals surface area contributed by atoms with Crippen LogP contribution >= 0.6 is 0 Å². The minimum atomic E-state index is -1.08. The molecule has 30 heavy (non-hydrogen) atoms. The number of anilines is 1. The molecule has 2 N–H and O–H groups in total. The van der Waals surface area contributed by atoms with Gasteiger partial charge in [0.2, 0.25) is 5.91 Å². The van der Waals surface area contributed by atoms with Crippen molar-refractivity contribution >= 4 is 23.5 Å². The fraction of sp³-hybridized carbons (Fsp3) is 0.286. The molecule has 0 aliphatic heterocycles. The zero-order valence-electron chi connectivity index (χ0n) is 16.3. The number of carbonyl (C=O) groups is 3. The molecule has 1 aliphatic rings. The molecule has 3 rings (SSSR count). The summed E-state index contributed by atoms with van der Waals surface area (Å²) in [5.41, 5.74) is -0.488. The average Bonchev–Trinajstić information content (AvgIpc) is 2.74. The van der Waals surface area contributed by atoms with Crippen molar-refractivity contribution in [2.24, 2.45) is 11.8 Å². The molecule has 0 saturated carbocycles. The summed E-state index contributed by atoms with van der Waals surface area (Å²) < 4.78 is 6.05. The standard InChI is InChI=1S/C21H21N3O6/c1-2-30-21(29)18-16(12-17(25)24(23-18)13-8-4-3-5-9-13)22-19(26)14-10-6-7-11-15(14)20(27)28/h3-9,12,14-15H,2,10-11H2,1H3,(H,22,26)(H,27,28). The smallest absolute Gasteiger partial charge is 0.360 e. The zero-order valence-corrected chi connectivity index (χ0v) is 16.3. The largest absolute Gasteiger partial charge is 0.481 e. The van der Waals surface area contributed by atoms with E-state index in [1.54, 1.807) is 49.4 Å². The molecule has 1 aliphatic carbocycles. The van der Waals surface area contributed by atoms with Crippen molar-refractivity contribution < 1.29 is 24.2 Å². The van der Waals surface area contributed by atoms with Gasteiger partial charge in [-0.15, -0.1) is 0 Å². The Labute approximate surface area is 172 Å². The van der Waals surface area contributed by atoms with Crippen molar-refractivity contribution in [2.75, 3.05) is 11.9 Å². The number of benzene rings is 1. The highest BCUT2D eigenvalue weighted by Gasteiger charge is 2.34. The lowest BCUT2D eigenvalue weighted by molar-refractivity contribution is -0.146. The molecule has 1 heterocycles. The molecule has 0 radical (unpaired) electrons. The Bertz CT molecular complexity index is 1040. The molecule has 2 atom stereocenters. The van der Waals surface area contributed by atoms with Crippen molar-refractivity contribution in [3.63, 3.8) is 0 Å². The maximum Gasteiger partial charge on any atom is 0.360 e. The average molecular weight is 411 g/mol. The second-order valence-corrected chi connectivity index (χ2v) is 6.70. The molecule has 1 aromatic heterocycles. The third kappa shape index (κ3) is 4.45. The molecule has 9 heteroatoms. The van der Waals surface area contributed by atoms with E-state index >= 15 is 0 Å². The van der Waals surface area contributed by atoms with Crippen molar-refractivity contribution in [1.82, 2.24) is 9.78 Å². The van der Waals surface area contributed by atoms with E-state index in [2.05, 4.69) is 10.4 Å². The number of allylic oxidation sites excluding steroid dienone is 2. The lowest BCUT2D eigenvalue weighted by Crippen LogP contribution is -2.36. The highest BCUT2D eigenvalue weighted by atomic mass is 16.5. The fourth-order valence-electron chi connectivity index (χ4n) is 3.26. The Morgan fingerprint density at radius 3 is 2.47 bits per heavy atom. The summed E-state index contributed by atoms with van der Waals surface area (Å²) in [5, 5.41) is 16.0. The number of hydrogen-bond donors (Lipinski definition) is 2. The predicted molar refractivity (Wildman–Crippen MR) is 107 cm³/mol. The van der Waals surface area contributed by atoms with Gasteiger partial charge in [0.05, 0.1) is 29.8 Å². The molecule has 0 fully saturated rings. The van der Waals surface area contributed by atoms with Gasteiger partial charge in [-0.3, -0.25) is 14.4 Å². The number of rotatable bonds is 6. The monoisotopic (exact) mass is 411 g/mol. The summed E-state index contributed by atoms with van der Waals surface area (Å²) >= 11 is 0. The van der Waals surface area contributed by atoms with E-state index in [1.165, 1.54) is 0 Å². The lowest BCUT2D eigenvalue weighted by Gasteiger charge is -2.24. The number of carbonyl (C=O) groups excluding carboxylic acids is 2. The maximum atomic E-state index is 12.8. The van der Waals surface area contributed by atoms with Gasteiger partial charge in [0.1, 0.15) is 0 Å². The molecule has 1 amide bonds. The number of aliphatic carboxylic acids is 1. The molecule has 0 spiro atoms. The number of esters is 1.